The van der Waals surface area contributed by atoms with Gasteiger partial charge in [-0.2, -0.15) is 0 Å². The second kappa shape index (κ2) is 11.1. The molecule has 0 spiro atoms. The second-order valence-electron chi connectivity index (χ2n) is 5.18. The average molecular weight is 296 g/mol. The highest BCUT2D eigenvalue weighted by atomic mass is 35.5. The van der Waals surface area contributed by atoms with Crippen LogP contribution in [0.15, 0.2) is 0 Å². The summed E-state index contributed by atoms with van der Waals surface area (Å²) in [6, 6.07) is -1.33. The summed E-state index contributed by atoms with van der Waals surface area (Å²) in [5.41, 5.74) is 5.45. The van der Waals surface area contributed by atoms with Crippen molar-refractivity contribution in [2.24, 2.45) is 17.6 Å². The Kier molecular flexibility index (Phi) is 11.9. The zero-order valence-electron chi connectivity index (χ0n) is 12.2. The molecule has 114 valence electrons. The van der Waals surface area contributed by atoms with E-state index in [0.29, 0.717) is 11.8 Å². The lowest BCUT2D eigenvalue weighted by molar-refractivity contribution is -0.157. The number of esters is 2. The minimum Gasteiger partial charge on any atom is -0.464 e. The Balaban J connectivity index is 0. The van der Waals surface area contributed by atoms with E-state index in [1.54, 1.807) is 0 Å². The van der Waals surface area contributed by atoms with Gasteiger partial charge < -0.3 is 15.2 Å². The molecule has 0 aliphatic rings. The third kappa shape index (κ3) is 10.8. The van der Waals surface area contributed by atoms with Crippen molar-refractivity contribution in [3.05, 3.63) is 0 Å². The molecule has 0 aromatic heterocycles. The maximum absolute atomic E-state index is 11.4. The van der Waals surface area contributed by atoms with Crippen LogP contribution in [0.3, 0.4) is 0 Å². The molecule has 0 atom stereocenters. The van der Waals surface area contributed by atoms with Crippen LogP contribution in [-0.2, 0) is 19.1 Å². The Morgan fingerprint density at radius 2 is 1.21 bits per heavy atom. The van der Waals surface area contributed by atoms with E-state index >= 15 is 0 Å². The maximum Gasteiger partial charge on any atom is 0.334 e. The average Bonchev–Trinajstić information content (AvgIpc) is 2.26. The van der Waals surface area contributed by atoms with E-state index < -0.39 is 18.0 Å². The molecule has 0 aliphatic carbocycles. The van der Waals surface area contributed by atoms with Gasteiger partial charge in [0, 0.05) is 0 Å². The molecule has 5 nitrogen and oxygen atoms in total. The Labute approximate surface area is 121 Å². The third-order valence-electron chi connectivity index (χ3n) is 2.39. The number of nitrogens with two attached hydrogens (primary N) is 1. The van der Waals surface area contributed by atoms with Gasteiger partial charge in [-0.3, -0.25) is 0 Å². The maximum atomic E-state index is 11.4. The van der Waals surface area contributed by atoms with E-state index in [9.17, 15) is 9.59 Å². The van der Waals surface area contributed by atoms with Crippen LogP contribution in [0.2, 0.25) is 0 Å². The standard InChI is InChI=1S/C13H25NO4.ClH/c1-9(2)5-7-17-12(15)11(14)13(16)18-8-6-10(3)4;/h9-11H,5-8,14H2,1-4H3;1H. The quantitative estimate of drug-likeness (QED) is 0.547. The largest absolute Gasteiger partial charge is 0.464 e. The molecule has 0 amide bonds. The van der Waals surface area contributed by atoms with Crippen LogP contribution < -0.4 is 5.73 Å². The van der Waals surface area contributed by atoms with Gasteiger partial charge in [-0.15, -0.1) is 12.4 Å². The van der Waals surface area contributed by atoms with E-state index in [1.165, 1.54) is 0 Å². The zero-order chi connectivity index (χ0) is 14.1. The number of carbonyl (C=O) groups is 2. The van der Waals surface area contributed by atoms with Gasteiger partial charge in [0.1, 0.15) is 0 Å². The third-order valence-corrected chi connectivity index (χ3v) is 2.39. The van der Waals surface area contributed by atoms with Gasteiger partial charge >= 0.3 is 11.9 Å². The Hall–Kier alpha value is -0.810. The summed E-state index contributed by atoms with van der Waals surface area (Å²) in [6.07, 6.45) is 1.50. The normalized spacial score (nSPS) is 10.5. The monoisotopic (exact) mass is 295 g/mol. The van der Waals surface area contributed by atoms with Gasteiger partial charge in [-0.25, -0.2) is 9.59 Å². The predicted octanol–water partition coefficient (Wildman–Crippen LogP) is 1.91. The summed E-state index contributed by atoms with van der Waals surface area (Å²) in [4.78, 5) is 22.8. The van der Waals surface area contributed by atoms with Crippen LogP contribution in [0.4, 0.5) is 0 Å². The highest BCUT2D eigenvalue weighted by Gasteiger charge is 2.25. The molecule has 0 saturated heterocycles. The molecule has 0 aliphatic heterocycles. The minimum absolute atomic E-state index is 0. The van der Waals surface area contributed by atoms with Crippen molar-refractivity contribution in [1.29, 1.82) is 0 Å². The summed E-state index contributed by atoms with van der Waals surface area (Å²) in [5.74, 6) is -0.561. The number of carbonyl (C=O) groups excluding carboxylic acids is 2. The number of rotatable bonds is 8. The van der Waals surface area contributed by atoms with Crippen molar-refractivity contribution < 1.29 is 19.1 Å². The SMILES string of the molecule is CC(C)CCOC(=O)C(N)C(=O)OCCC(C)C.Cl. The topological polar surface area (TPSA) is 78.6 Å². The first-order valence-corrected chi connectivity index (χ1v) is 6.43. The first kappa shape index (κ1) is 20.5. The summed E-state index contributed by atoms with van der Waals surface area (Å²) < 4.78 is 9.80. The molecule has 2 N–H and O–H groups in total. The Bertz CT molecular complexity index is 243. The molecule has 6 heteroatoms. The minimum atomic E-state index is -1.33. The first-order chi connectivity index (χ1) is 8.34. The molecule has 0 saturated carbocycles. The van der Waals surface area contributed by atoms with Gasteiger partial charge in [0.15, 0.2) is 0 Å². The van der Waals surface area contributed by atoms with Gasteiger partial charge in [-0.05, 0) is 24.7 Å². The van der Waals surface area contributed by atoms with Crippen LogP contribution in [0.5, 0.6) is 0 Å². The Morgan fingerprint density at radius 3 is 1.47 bits per heavy atom. The lowest BCUT2D eigenvalue weighted by Gasteiger charge is -2.12. The van der Waals surface area contributed by atoms with Gasteiger partial charge in [0.2, 0.25) is 6.04 Å². The fourth-order valence-corrected chi connectivity index (χ4v) is 1.07. The fraction of sp³-hybridized carbons (Fsp3) is 0.846. The molecule has 0 fully saturated rings. The summed E-state index contributed by atoms with van der Waals surface area (Å²) in [7, 11) is 0. The molecule has 0 rings (SSSR count). The van der Waals surface area contributed by atoms with Crippen molar-refractivity contribution in [3.63, 3.8) is 0 Å². The van der Waals surface area contributed by atoms with Crippen LogP contribution in [0, 0.1) is 11.8 Å². The number of hydrogen-bond donors (Lipinski definition) is 1. The van der Waals surface area contributed by atoms with Crippen LogP contribution in [-0.4, -0.2) is 31.2 Å². The fourth-order valence-electron chi connectivity index (χ4n) is 1.07. The van der Waals surface area contributed by atoms with Crippen LogP contribution in [0.1, 0.15) is 40.5 Å². The van der Waals surface area contributed by atoms with E-state index in [-0.39, 0.29) is 25.6 Å². The second-order valence-corrected chi connectivity index (χ2v) is 5.18. The summed E-state index contributed by atoms with van der Waals surface area (Å²) in [5, 5.41) is 0. The highest BCUT2D eigenvalue weighted by molar-refractivity contribution is 5.98. The molecular weight excluding hydrogens is 270 g/mol. The van der Waals surface area contributed by atoms with Crippen molar-refractivity contribution in [2.75, 3.05) is 13.2 Å². The van der Waals surface area contributed by atoms with Gasteiger partial charge in [-0.1, -0.05) is 27.7 Å². The van der Waals surface area contributed by atoms with E-state index in [2.05, 4.69) is 0 Å². The zero-order valence-corrected chi connectivity index (χ0v) is 13.0. The van der Waals surface area contributed by atoms with Crippen LogP contribution in [0.25, 0.3) is 0 Å². The van der Waals surface area contributed by atoms with E-state index in [0.717, 1.165) is 12.8 Å². The molecular formula is C13H26ClNO4. The molecule has 0 aromatic carbocycles. The molecule has 0 unspecified atom stereocenters. The summed E-state index contributed by atoms with van der Waals surface area (Å²) in [6.45, 7) is 8.65. The first-order valence-electron chi connectivity index (χ1n) is 6.43. The molecule has 0 bridgehead atoms. The molecule has 0 radical (unpaired) electrons. The molecule has 19 heavy (non-hydrogen) atoms. The van der Waals surface area contributed by atoms with Crippen molar-refractivity contribution in [2.45, 2.75) is 46.6 Å². The molecule has 0 aromatic rings. The van der Waals surface area contributed by atoms with E-state index in [4.69, 9.17) is 15.2 Å². The van der Waals surface area contributed by atoms with Crippen molar-refractivity contribution >= 4 is 24.3 Å². The highest BCUT2D eigenvalue weighted by Crippen LogP contribution is 2.02. The predicted molar refractivity (Wildman–Crippen MR) is 76.1 cm³/mol. The van der Waals surface area contributed by atoms with Gasteiger partial charge in [0.05, 0.1) is 13.2 Å². The van der Waals surface area contributed by atoms with Crippen molar-refractivity contribution in [3.8, 4) is 0 Å². The van der Waals surface area contributed by atoms with Crippen LogP contribution >= 0.6 is 12.4 Å². The molecule has 0 heterocycles. The number of halogens is 1. The lowest BCUT2D eigenvalue weighted by atomic mass is 10.1. The number of ether oxygens (including phenoxy) is 2. The van der Waals surface area contributed by atoms with Crippen molar-refractivity contribution in [1.82, 2.24) is 0 Å². The van der Waals surface area contributed by atoms with Gasteiger partial charge in [0.25, 0.3) is 0 Å². The summed E-state index contributed by atoms with van der Waals surface area (Å²) >= 11 is 0. The lowest BCUT2D eigenvalue weighted by Crippen LogP contribution is -2.41. The van der Waals surface area contributed by atoms with E-state index in [1.807, 2.05) is 27.7 Å². The smallest absolute Gasteiger partial charge is 0.334 e. The number of hydrogen-bond acceptors (Lipinski definition) is 5. The Morgan fingerprint density at radius 1 is 0.895 bits per heavy atom.